The molecule has 0 spiro atoms. The first-order chi connectivity index (χ1) is 18.6. The van der Waals surface area contributed by atoms with E-state index >= 15 is 0 Å². The molecule has 2 aliphatic rings. The highest BCUT2D eigenvalue weighted by molar-refractivity contribution is 6.04. The molecule has 10 nitrogen and oxygen atoms in total. The van der Waals surface area contributed by atoms with E-state index in [4.69, 9.17) is 9.47 Å². The molecule has 1 amide bonds. The fraction of sp³-hybridized carbons (Fsp3) is 0.429. The lowest BCUT2D eigenvalue weighted by Gasteiger charge is -2.42. The van der Waals surface area contributed by atoms with E-state index in [9.17, 15) is 9.59 Å². The van der Waals surface area contributed by atoms with Crippen LogP contribution in [0.1, 0.15) is 36.2 Å². The van der Waals surface area contributed by atoms with Gasteiger partial charge in [0.15, 0.2) is 0 Å². The summed E-state index contributed by atoms with van der Waals surface area (Å²) in [5, 5.41) is 9.74. The van der Waals surface area contributed by atoms with Crippen LogP contribution in [0.5, 0.6) is 5.75 Å². The van der Waals surface area contributed by atoms with Gasteiger partial charge in [-0.3, -0.25) is 19.6 Å². The molecular formula is C28H34N6O4. The van der Waals surface area contributed by atoms with Crippen molar-refractivity contribution >= 4 is 23.3 Å². The molecule has 1 saturated carbocycles. The second kappa shape index (κ2) is 11.6. The molecule has 200 valence electrons. The van der Waals surface area contributed by atoms with Crippen LogP contribution in [0.3, 0.4) is 0 Å². The number of rotatable bonds is 7. The summed E-state index contributed by atoms with van der Waals surface area (Å²) in [4.78, 5) is 34.2. The Morgan fingerprint density at radius 1 is 1.00 bits per heavy atom. The van der Waals surface area contributed by atoms with Crippen molar-refractivity contribution in [3.8, 4) is 17.1 Å². The van der Waals surface area contributed by atoms with E-state index < -0.39 is 0 Å². The molecule has 2 aromatic heterocycles. The van der Waals surface area contributed by atoms with Gasteiger partial charge in [0, 0.05) is 50.2 Å². The van der Waals surface area contributed by atoms with Gasteiger partial charge < -0.3 is 19.7 Å². The molecule has 0 radical (unpaired) electrons. The predicted octanol–water partition coefficient (Wildman–Crippen LogP) is 3.59. The number of piperazine rings is 1. The summed E-state index contributed by atoms with van der Waals surface area (Å²) >= 11 is 0. The summed E-state index contributed by atoms with van der Waals surface area (Å²) < 4.78 is 10.6. The Kier molecular flexibility index (Phi) is 7.88. The van der Waals surface area contributed by atoms with Gasteiger partial charge in [-0.05, 0) is 56.0 Å². The summed E-state index contributed by atoms with van der Waals surface area (Å²) in [5.41, 5.74) is 3.35. The Bertz CT molecular complexity index is 1250. The molecule has 1 aliphatic carbocycles. The maximum atomic E-state index is 13.0. The van der Waals surface area contributed by atoms with Crippen molar-refractivity contribution < 1.29 is 19.1 Å². The van der Waals surface area contributed by atoms with Crippen LogP contribution in [-0.2, 0) is 9.53 Å². The number of aromatic nitrogens is 3. The molecule has 5 rings (SSSR count). The van der Waals surface area contributed by atoms with Crippen LogP contribution in [0, 0.1) is 5.92 Å². The first-order valence-electron chi connectivity index (χ1n) is 13.1. The van der Waals surface area contributed by atoms with E-state index in [1.807, 2.05) is 24.3 Å². The molecule has 2 fully saturated rings. The minimum Gasteiger partial charge on any atom is -0.494 e. The third-order valence-corrected chi connectivity index (χ3v) is 7.62. The van der Waals surface area contributed by atoms with Crippen molar-refractivity contribution in [2.24, 2.45) is 5.92 Å². The highest BCUT2D eigenvalue weighted by Crippen LogP contribution is 2.32. The van der Waals surface area contributed by atoms with E-state index in [2.05, 4.69) is 30.3 Å². The monoisotopic (exact) mass is 518 g/mol. The molecule has 1 saturated heterocycles. The minimum absolute atomic E-state index is 0.0556. The number of aromatic amines is 1. The van der Waals surface area contributed by atoms with Crippen LogP contribution < -0.4 is 15.0 Å². The second-order valence-electron chi connectivity index (χ2n) is 9.77. The minimum atomic E-state index is -0.312. The van der Waals surface area contributed by atoms with Gasteiger partial charge in [-0.25, -0.2) is 4.98 Å². The topological polar surface area (TPSA) is 113 Å². The van der Waals surface area contributed by atoms with Gasteiger partial charge in [-0.1, -0.05) is 6.07 Å². The number of pyridine rings is 1. The van der Waals surface area contributed by atoms with Crippen molar-refractivity contribution in [3.63, 3.8) is 0 Å². The maximum Gasteiger partial charge on any atom is 0.308 e. The van der Waals surface area contributed by atoms with Crippen molar-refractivity contribution in [1.29, 1.82) is 0 Å². The summed E-state index contributed by atoms with van der Waals surface area (Å²) in [6.45, 7) is 3.78. The molecule has 0 bridgehead atoms. The lowest BCUT2D eigenvalue weighted by Crippen LogP contribution is -2.51. The molecule has 0 atom stereocenters. The lowest BCUT2D eigenvalue weighted by molar-refractivity contribution is -0.146. The largest absolute Gasteiger partial charge is 0.494 e. The molecule has 3 aromatic rings. The first-order valence-corrected chi connectivity index (χ1v) is 13.1. The van der Waals surface area contributed by atoms with Crippen LogP contribution in [0.2, 0.25) is 0 Å². The fourth-order valence-corrected chi connectivity index (χ4v) is 5.46. The highest BCUT2D eigenvalue weighted by atomic mass is 16.5. The van der Waals surface area contributed by atoms with Gasteiger partial charge in [0.25, 0.3) is 5.91 Å². The van der Waals surface area contributed by atoms with E-state index in [0.29, 0.717) is 28.9 Å². The van der Waals surface area contributed by atoms with Gasteiger partial charge in [0.1, 0.15) is 11.4 Å². The number of carbonyl (C=O) groups is 2. The third-order valence-electron chi connectivity index (χ3n) is 7.62. The predicted molar refractivity (Wildman–Crippen MR) is 144 cm³/mol. The Labute approximate surface area is 222 Å². The Morgan fingerprint density at radius 3 is 2.47 bits per heavy atom. The number of H-pyrrole nitrogens is 1. The summed E-state index contributed by atoms with van der Waals surface area (Å²) in [6.07, 6.45) is 5.55. The Balaban J connectivity index is 1.19. The van der Waals surface area contributed by atoms with Crippen molar-refractivity contribution in [2.45, 2.75) is 31.7 Å². The van der Waals surface area contributed by atoms with E-state index in [0.717, 1.165) is 63.2 Å². The van der Waals surface area contributed by atoms with Gasteiger partial charge in [0.05, 0.1) is 37.2 Å². The van der Waals surface area contributed by atoms with Gasteiger partial charge in [-0.2, -0.15) is 5.10 Å². The Hall–Kier alpha value is -3.92. The molecule has 3 heterocycles. The lowest BCUT2D eigenvalue weighted by atomic mass is 9.85. The number of methoxy groups -OCH3 is 2. The number of benzene rings is 1. The van der Waals surface area contributed by atoms with Crippen LogP contribution in [-0.4, -0.2) is 78.4 Å². The van der Waals surface area contributed by atoms with Gasteiger partial charge in [-0.15, -0.1) is 0 Å². The van der Waals surface area contributed by atoms with Crippen LogP contribution >= 0.6 is 0 Å². The average molecular weight is 519 g/mol. The van der Waals surface area contributed by atoms with Crippen molar-refractivity contribution in [1.82, 2.24) is 20.1 Å². The summed E-state index contributed by atoms with van der Waals surface area (Å²) in [7, 11) is 3.08. The zero-order valence-electron chi connectivity index (χ0n) is 21.9. The van der Waals surface area contributed by atoms with E-state index in [1.54, 1.807) is 31.5 Å². The summed E-state index contributed by atoms with van der Waals surface area (Å²) in [6, 6.07) is 13.5. The maximum absolute atomic E-state index is 13.0. The third kappa shape index (κ3) is 5.65. The number of anilines is 2. The standard InChI is InChI=1S/C28H34N6O4/c1-37-26-18-21(34-16-14-33(15-17-34)20-8-6-19(7-9-20)28(36)38-2)10-11-24(26)31-27(35)25-5-3-4-22(30-25)23-12-13-29-32-23/h3-5,10-13,18-20H,6-9,14-17H2,1-2H3,(H,29,32)(H,31,35). The number of amides is 1. The smallest absolute Gasteiger partial charge is 0.308 e. The summed E-state index contributed by atoms with van der Waals surface area (Å²) in [5.74, 6) is 0.276. The van der Waals surface area contributed by atoms with Crippen molar-refractivity contribution in [2.75, 3.05) is 50.6 Å². The molecule has 2 N–H and O–H groups in total. The molecule has 10 heteroatoms. The SMILES string of the molecule is COC(=O)C1CCC(N2CCN(c3ccc(NC(=O)c4cccc(-c5ccn[nH]5)n4)c(OC)c3)CC2)CC1. The van der Waals surface area contributed by atoms with Crippen LogP contribution in [0.4, 0.5) is 11.4 Å². The molecular weight excluding hydrogens is 484 g/mol. The zero-order valence-corrected chi connectivity index (χ0v) is 21.9. The number of carbonyl (C=O) groups excluding carboxylic acids is 2. The number of nitrogens with one attached hydrogen (secondary N) is 2. The van der Waals surface area contributed by atoms with E-state index in [-0.39, 0.29) is 17.8 Å². The van der Waals surface area contributed by atoms with Crippen LogP contribution in [0.15, 0.2) is 48.7 Å². The second-order valence-corrected chi connectivity index (χ2v) is 9.77. The Morgan fingerprint density at radius 2 is 1.79 bits per heavy atom. The van der Waals surface area contributed by atoms with E-state index in [1.165, 1.54) is 7.11 Å². The molecule has 1 aliphatic heterocycles. The number of ether oxygens (including phenoxy) is 2. The number of hydrogen-bond acceptors (Lipinski definition) is 8. The molecule has 1 aromatic carbocycles. The first kappa shape index (κ1) is 25.7. The number of nitrogens with zero attached hydrogens (tertiary/aromatic N) is 4. The van der Waals surface area contributed by atoms with Crippen LogP contribution in [0.25, 0.3) is 11.4 Å². The average Bonchev–Trinajstić information content (AvgIpc) is 3.52. The van der Waals surface area contributed by atoms with Gasteiger partial charge >= 0.3 is 5.97 Å². The van der Waals surface area contributed by atoms with Gasteiger partial charge in [0.2, 0.25) is 0 Å². The molecule has 0 unspecified atom stereocenters. The highest BCUT2D eigenvalue weighted by Gasteiger charge is 2.31. The number of esters is 1. The van der Waals surface area contributed by atoms with Crippen molar-refractivity contribution in [3.05, 3.63) is 54.4 Å². The fourth-order valence-electron chi connectivity index (χ4n) is 5.46. The molecule has 38 heavy (non-hydrogen) atoms. The quantitative estimate of drug-likeness (QED) is 0.457. The zero-order chi connectivity index (χ0) is 26.5. The number of hydrogen-bond donors (Lipinski definition) is 2. The normalized spacial score (nSPS) is 20.1.